The van der Waals surface area contributed by atoms with Gasteiger partial charge in [0, 0.05) is 21.7 Å². The maximum Gasteiger partial charge on any atom is 0.0452 e. The quantitative estimate of drug-likeness (QED) is 0.762. The molecule has 0 fully saturated rings. The molecule has 0 N–H and O–H groups in total. The minimum absolute atomic E-state index is 0.969. The molecule has 1 aromatic rings. The summed E-state index contributed by atoms with van der Waals surface area (Å²) >= 11 is 6.95. The van der Waals surface area contributed by atoms with Gasteiger partial charge < -0.3 is 0 Å². The van der Waals surface area contributed by atoms with Crippen molar-refractivity contribution in [1.82, 2.24) is 4.98 Å². The van der Waals surface area contributed by atoms with Crippen LogP contribution in [0.25, 0.3) is 0 Å². The second kappa shape index (κ2) is 4.38. The standard InChI is InChI=1S/C9H11Br2N/c1-6-5-12-8(3-4-10)7(2)9(6)11/h5H,3-4H2,1-2H3. The van der Waals surface area contributed by atoms with E-state index in [-0.39, 0.29) is 0 Å². The summed E-state index contributed by atoms with van der Waals surface area (Å²) < 4.78 is 1.19. The van der Waals surface area contributed by atoms with Crippen LogP contribution in [0.2, 0.25) is 0 Å². The van der Waals surface area contributed by atoms with Gasteiger partial charge in [-0.05, 0) is 31.4 Å². The van der Waals surface area contributed by atoms with E-state index in [1.807, 2.05) is 6.20 Å². The predicted molar refractivity (Wildman–Crippen MR) is 58.9 cm³/mol. The molecule has 0 aromatic carbocycles. The van der Waals surface area contributed by atoms with E-state index in [4.69, 9.17) is 0 Å². The van der Waals surface area contributed by atoms with Crippen LogP contribution >= 0.6 is 31.9 Å². The lowest BCUT2D eigenvalue weighted by Gasteiger charge is -2.06. The topological polar surface area (TPSA) is 12.9 Å². The Labute approximate surface area is 89.8 Å². The number of aryl methyl sites for hydroxylation is 2. The number of nitrogens with zero attached hydrogens (tertiary/aromatic N) is 1. The molecule has 3 heteroatoms. The molecule has 1 aromatic heterocycles. The van der Waals surface area contributed by atoms with Crippen LogP contribution in [-0.4, -0.2) is 10.3 Å². The fourth-order valence-corrected chi connectivity index (χ4v) is 1.80. The molecule has 0 radical (unpaired) electrons. The van der Waals surface area contributed by atoms with Crippen LogP contribution in [0.15, 0.2) is 10.7 Å². The van der Waals surface area contributed by atoms with Crippen molar-refractivity contribution in [3.63, 3.8) is 0 Å². The molecule has 0 saturated carbocycles. The van der Waals surface area contributed by atoms with Gasteiger partial charge in [-0.3, -0.25) is 4.98 Å². The second-order valence-corrected chi connectivity index (χ2v) is 4.35. The molecule has 0 aliphatic heterocycles. The molecule has 1 rings (SSSR count). The molecule has 0 saturated heterocycles. The van der Waals surface area contributed by atoms with Gasteiger partial charge in [0.05, 0.1) is 0 Å². The molecule has 0 unspecified atom stereocenters. The summed E-state index contributed by atoms with van der Waals surface area (Å²) in [6.45, 7) is 4.16. The molecule has 1 nitrogen and oxygen atoms in total. The maximum absolute atomic E-state index is 4.37. The number of aromatic nitrogens is 1. The third-order valence-electron chi connectivity index (χ3n) is 1.85. The lowest BCUT2D eigenvalue weighted by molar-refractivity contribution is 1.01. The number of hydrogen-bond acceptors (Lipinski definition) is 1. The van der Waals surface area contributed by atoms with E-state index >= 15 is 0 Å². The predicted octanol–water partition coefficient (Wildman–Crippen LogP) is 3.40. The van der Waals surface area contributed by atoms with Crippen LogP contribution in [0.5, 0.6) is 0 Å². The highest BCUT2D eigenvalue weighted by Gasteiger charge is 2.04. The lowest BCUT2D eigenvalue weighted by atomic mass is 10.1. The molecular formula is C9H11Br2N. The van der Waals surface area contributed by atoms with Gasteiger partial charge in [0.15, 0.2) is 0 Å². The van der Waals surface area contributed by atoms with Crippen LogP contribution < -0.4 is 0 Å². The number of halogens is 2. The zero-order valence-corrected chi connectivity index (χ0v) is 10.4. The van der Waals surface area contributed by atoms with Crippen molar-refractivity contribution >= 4 is 31.9 Å². The number of hydrogen-bond donors (Lipinski definition) is 0. The first-order valence-electron chi connectivity index (χ1n) is 3.83. The maximum atomic E-state index is 4.37. The van der Waals surface area contributed by atoms with E-state index in [2.05, 4.69) is 50.7 Å². The van der Waals surface area contributed by atoms with Crippen molar-refractivity contribution in [2.24, 2.45) is 0 Å². The summed E-state index contributed by atoms with van der Waals surface area (Å²) in [4.78, 5) is 4.37. The number of pyridine rings is 1. The Kier molecular flexibility index (Phi) is 3.72. The first-order chi connectivity index (χ1) is 5.66. The zero-order chi connectivity index (χ0) is 9.14. The summed E-state index contributed by atoms with van der Waals surface area (Å²) in [5, 5.41) is 0.969. The molecule has 0 bridgehead atoms. The molecular weight excluding hydrogens is 282 g/mol. The third kappa shape index (κ3) is 2.07. The SMILES string of the molecule is Cc1cnc(CCBr)c(C)c1Br. The number of alkyl halides is 1. The third-order valence-corrected chi connectivity index (χ3v) is 3.47. The first-order valence-corrected chi connectivity index (χ1v) is 5.74. The Morgan fingerprint density at radius 2 is 2.08 bits per heavy atom. The molecule has 1 heterocycles. The van der Waals surface area contributed by atoms with Gasteiger partial charge in [-0.15, -0.1) is 0 Å². The molecule has 12 heavy (non-hydrogen) atoms. The van der Waals surface area contributed by atoms with E-state index in [9.17, 15) is 0 Å². The van der Waals surface area contributed by atoms with Crippen LogP contribution in [0, 0.1) is 13.8 Å². The number of rotatable bonds is 2. The van der Waals surface area contributed by atoms with Gasteiger partial charge in [-0.2, -0.15) is 0 Å². The summed E-state index contributed by atoms with van der Waals surface area (Å²) in [5.41, 5.74) is 3.63. The largest absolute Gasteiger partial charge is 0.261 e. The Morgan fingerprint density at radius 1 is 1.42 bits per heavy atom. The average Bonchev–Trinajstić information content (AvgIpc) is 2.07. The molecule has 0 aliphatic rings. The van der Waals surface area contributed by atoms with Crippen molar-refractivity contribution in [3.05, 3.63) is 27.5 Å². The van der Waals surface area contributed by atoms with Crippen LogP contribution in [-0.2, 0) is 6.42 Å². The average molecular weight is 293 g/mol. The van der Waals surface area contributed by atoms with Gasteiger partial charge in [-0.1, -0.05) is 31.9 Å². The van der Waals surface area contributed by atoms with E-state index < -0.39 is 0 Å². The van der Waals surface area contributed by atoms with E-state index in [1.165, 1.54) is 21.3 Å². The van der Waals surface area contributed by atoms with Crippen LogP contribution in [0.1, 0.15) is 16.8 Å². The van der Waals surface area contributed by atoms with Gasteiger partial charge >= 0.3 is 0 Å². The van der Waals surface area contributed by atoms with Crippen molar-refractivity contribution in [2.45, 2.75) is 20.3 Å². The molecule has 66 valence electrons. The van der Waals surface area contributed by atoms with Crippen molar-refractivity contribution < 1.29 is 0 Å². The zero-order valence-electron chi connectivity index (χ0n) is 7.19. The van der Waals surface area contributed by atoms with Crippen molar-refractivity contribution in [3.8, 4) is 0 Å². The first kappa shape index (κ1) is 10.2. The van der Waals surface area contributed by atoms with Gasteiger partial charge in [0.1, 0.15) is 0 Å². The Hall–Kier alpha value is 0.110. The Balaban J connectivity index is 3.08. The summed E-state index contributed by atoms with van der Waals surface area (Å²) in [7, 11) is 0. The minimum atomic E-state index is 0.969. The fourth-order valence-electron chi connectivity index (χ4n) is 1.09. The van der Waals surface area contributed by atoms with Gasteiger partial charge in [0.25, 0.3) is 0 Å². The fraction of sp³-hybridized carbons (Fsp3) is 0.444. The minimum Gasteiger partial charge on any atom is -0.261 e. The van der Waals surface area contributed by atoms with Crippen LogP contribution in [0.4, 0.5) is 0 Å². The summed E-state index contributed by atoms with van der Waals surface area (Å²) in [6.07, 6.45) is 2.90. The Morgan fingerprint density at radius 3 is 2.67 bits per heavy atom. The molecule has 0 atom stereocenters. The van der Waals surface area contributed by atoms with Crippen LogP contribution in [0.3, 0.4) is 0 Å². The monoisotopic (exact) mass is 291 g/mol. The second-order valence-electron chi connectivity index (χ2n) is 2.77. The lowest BCUT2D eigenvalue weighted by Crippen LogP contribution is -1.97. The summed E-state index contributed by atoms with van der Waals surface area (Å²) in [5.74, 6) is 0. The highest BCUT2D eigenvalue weighted by atomic mass is 79.9. The normalized spacial score (nSPS) is 10.3. The van der Waals surface area contributed by atoms with Gasteiger partial charge in [0.2, 0.25) is 0 Å². The Bertz CT molecular complexity index is 284. The van der Waals surface area contributed by atoms with Crippen molar-refractivity contribution in [2.75, 3.05) is 5.33 Å². The summed E-state index contributed by atoms with van der Waals surface area (Å²) in [6, 6.07) is 0. The smallest absolute Gasteiger partial charge is 0.0452 e. The highest BCUT2D eigenvalue weighted by molar-refractivity contribution is 9.10. The highest BCUT2D eigenvalue weighted by Crippen LogP contribution is 2.22. The van der Waals surface area contributed by atoms with E-state index in [0.29, 0.717) is 0 Å². The van der Waals surface area contributed by atoms with E-state index in [1.54, 1.807) is 0 Å². The van der Waals surface area contributed by atoms with Crippen molar-refractivity contribution in [1.29, 1.82) is 0 Å². The van der Waals surface area contributed by atoms with E-state index in [0.717, 1.165) is 11.8 Å². The van der Waals surface area contributed by atoms with Gasteiger partial charge in [-0.25, -0.2) is 0 Å². The molecule has 0 spiro atoms. The molecule has 0 amide bonds. The molecule has 0 aliphatic carbocycles.